The van der Waals surface area contributed by atoms with E-state index in [1.165, 1.54) is 47.7 Å². The van der Waals surface area contributed by atoms with Crippen molar-refractivity contribution in [2.45, 2.75) is 12.6 Å². The highest BCUT2D eigenvalue weighted by atomic mass is 19.4. The lowest BCUT2D eigenvalue weighted by Gasteiger charge is -2.11. The molecule has 0 unspecified atom stereocenters. The molecule has 0 radical (unpaired) electrons. The SMILES string of the molecule is Cn1c(=O)c2c(CC(=O)Nc3ccn(-c4cccc(C(F)(F)F)c4)n3)cccc2n(C)c1=O. The minimum absolute atomic E-state index is 0.137. The summed E-state index contributed by atoms with van der Waals surface area (Å²) in [6.07, 6.45) is -3.23. The third-order valence-corrected chi connectivity index (χ3v) is 5.23. The molecule has 0 bridgehead atoms. The Labute approximate surface area is 184 Å². The number of hydrogen-bond acceptors (Lipinski definition) is 4. The number of carbonyl (C=O) groups excluding carboxylic acids is 1. The van der Waals surface area contributed by atoms with Crippen LogP contribution in [0.1, 0.15) is 11.1 Å². The van der Waals surface area contributed by atoms with Gasteiger partial charge in [0.2, 0.25) is 5.91 Å². The van der Waals surface area contributed by atoms with Crippen LogP contribution in [-0.4, -0.2) is 24.8 Å². The van der Waals surface area contributed by atoms with Crippen LogP contribution in [0.4, 0.5) is 19.0 Å². The van der Waals surface area contributed by atoms with Crippen LogP contribution in [0.3, 0.4) is 0 Å². The normalized spacial score (nSPS) is 11.7. The van der Waals surface area contributed by atoms with E-state index in [-0.39, 0.29) is 23.3 Å². The highest BCUT2D eigenvalue weighted by molar-refractivity contribution is 5.94. The van der Waals surface area contributed by atoms with E-state index in [0.717, 1.165) is 16.7 Å². The molecule has 0 aliphatic carbocycles. The molecule has 1 amide bonds. The average Bonchev–Trinajstić information content (AvgIpc) is 3.24. The molecule has 0 atom stereocenters. The van der Waals surface area contributed by atoms with Crippen molar-refractivity contribution in [2.24, 2.45) is 14.1 Å². The number of nitrogens with one attached hydrogen (secondary N) is 1. The van der Waals surface area contributed by atoms with E-state index in [1.54, 1.807) is 18.2 Å². The van der Waals surface area contributed by atoms with Crippen molar-refractivity contribution >= 4 is 22.6 Å². The van der Waals surface area contributed by atoms with Gasteiger partial charge in [-0.2, -0.15) is 18.3 Å². The summed E-state index contributed by atoms with van der Waals surface area (Å²) in [4.78, 5) is 37.4. The number of aryl methyl sites for hydroxylation is 1. The van der Waals surface area contributed by atoms with Crippen LogP contribution >= 0.6 is 0 Å². The Morgan fingerprint density at radius 1 is 1.03 bits per heavy atom. The van der Waals surface area contributed by atoms with Gasteiger partial charge in [0.15, 0.2) is 5.82 Å². The Balaban J connectivity index is 1.58. The molecule has 0 aliphatic heterocycles. The average molecular weight is 457 g/mol. The molecule has 0 saturated heterocycles. The first-order valence-corrected chi connectivity index (χ1v) is 9.77. The molecule has 4 aromatic rings. The molecular formula is C22H18F3N5O3. The number of rotatable bonds is 4. The zero-order valence-corrected chi connectivity index (χ0v) is 17.6. The number of nitrogens with zero attached hydrogens (tertiary/aromatic N) is 4. The van der Waals surface area contributed by atoms with E-state index in [0.29, 0.717) is 11.1 Å². The highest BCUT2D eigenvalue weighted by Crippen LogP contribution is 2.30. The van der Waals surface area contributed by atoms with Crippen LogP contribution in [0.15, 0.2) is 64.3 Å². The lowest BCUT2D eigenvalue weighted by atomic mass is 10.1. The Morgan fingerprint density at radius 3 is 2.48 bits per heavy atom. The third-order valence-electron chi connectivity index (χ3n) is 5.23. The first-order valence-electron chi connectivity index (χ1n) is 9.77. The lowest BCUT2D eigenvalue weighted by molar-refractivity contribution is -0.137. The summed E-state index contributed by atoms with van der Waals surface area (Å²) >= 11 is 0. The van der Waals surface area contributed by atoms with Crippen molar-refractivity contribution < 1.29 is 18.0 Å². The van der Waals surface area contributed by atoms with Gasteiger partial charge < -0.3 is 5.32 Å². The maximum atomic E-state index is 13.0. The van der Waals surface area contributed by atoms with Crippen LogP contribution in [0, 0.1) is 0 Å². The number of fused-ring (bicyclic) bond motifs is 1. The van der Waals surface area contributed by atoms with Crippen molar-refractivity contribution in [3.8, 4) is 5.69 Å². The molecule has 33 heavy (non-hydrogen) atoms. The Bertz CT molecular complexity index is 1500. The topological polar surface area (TPSA) is 90.9 Å². The van der Waals surface area contributed by atoms with Gasteiger partial charge in [0.1, 0.15) is 0 Å². The third kappa shape index (κ3) is 4.16. The Morgan fingerprint density at radius 2 is 1.76 bits per heavy atom. The van der Waals surface area contributed by atoms with Crippen LogP contribution in [0.2, 0.25) is 0 Å². The van der Waals surface area contributed by atoms with Crippen molar-refractivity contribution in [3.63, 3.8) is 0 Å². The standard InChI is InChI=1S/C22H18F3N5O3/c1-28-16-8-3-5-13(19(16)20(32)29(2)21(28)33)11-18(31)26-17-9-10-30(27-17)15-7-4-6-14(12-15)22(23,24)25/h3-10,12H,11H2,1-2H3,(H,26,27,31). The fraction of sp³-hybridized carbons (Fsp3) is 0.182. The fourth-order valence-electron chi connectivity index (χ4n) is 3.56. The van der Waals surface area contributed by atoms with E-state index >= 15 is 0 Å². The van der Waals surface area contributed by atoms with Gasteiger partial charge in [-0.25, -0.2) is 9.48 Å². The molecule has 0 spiro atoms. The van der Waals surface area contributed by atoms with E-state index in [1.807, 2.05) is 0 Å². The summed E-state index contributed by atoms with van der Waals surface area (Å²) in [5.74, 6) is -0.342. The number of anilines is 1. The van der Waals surface area contributed by atoms with E-state index < -0.39 is 28.9 Å². The quantitative estimate of drug-likeness (QED) is 0.510. The van der Waals surface area contributed by atoms with Crippen molar-refractivity contribution in [3.05, 3.63) is 86.7 Å². The van der Waals surface area contributed by atoms with Gasteiger partial charge in [-0.05, 0) is 29.8 Å². The Kier molecular flexibility index (Phi) is 5.40. The summed E-state index contributed by atoms with van der Waals surface area (Å²) in [6, 6.07) is 11.0. The molecule has 0 aliphatic rings. The number of alkyl halides is 3. The maximum Gasteiger partial charge on any atom is 0.416 e. The number of hydrogen-bond donors (Lipinski definition) is 1. The number of amides is 1. The zero-order valence-electron chi connectivity index (χ0n) is 17.6. The van der Waals surface area contributed by atoms with Crippen LogP contribution < -0.4 is 16.6 Å². The van der Waals surface area contributed by atoms with Gasteiger partial charge >= 0.3 is 11.9 Å². The molecule has 11 heteroatoms. The van der Waals surface area contributed by atoms with Crippen LogP contribution in [-0.2, 0) is 31.5 Å². The molecule has 0 fully saturated rings. The molecule has 0 saturated carbocycles. The second-order valence-electron chi connectivity index (χ2n) is 7.44. The number of carbonyl (C=O) groups is 1. The molecule has 1 N–H and O–H groups in total. The number of benzene rings is 2. The summed E-state index contributed by atoms with van der Waals surface area (Å²) in [5, 5.41) is 6.95. The maximum absolute atomic E-state index is 13.0. The number of aromatic nitrogens is 4. The highest BCUT2D eigenvalue weighted by Gasteiger charge is 2.30. The van der Waals surface area contributed by atoms with Gasteiger partial charge in [0, 0.05) is 26.4 Å². The van der Waals surface area contributed by atoms with Crippen molar-refractivity contribution in [1.82, 2.24) is 18.9 Å². The molecule has 8 nitrogen and oxygen atoms in total. The van der Waals surface area contributed by atoms with Crippen molar-refractivity contribution in [2.75, 3.05) is 5.32 Å². The molecular weight excluding hydrogens is 439 g/mol. The van der Waals surface area contributed by atoms with Gasteiger partial charge in [0.05, 0.1) is 28.6 Å². The van der Waals surface area contributed by atoms with Crippen LogP contribution in [0.5, 0.6) is 0 Å². The molecule has 2 heterocycles. The molecule has 2 aromatic heterocycles. The first kappa shape index (κ1) is 22.1. The van der Waals surface area contributed by atoms with E-state index in [4.69, 9.17) is 0 Å². The minimum Gasteiger partial charge on any atom is -0.309 e. The minimum atomic E-state index is -4.49. The molecule has 2 aromatic carbocycles. The predicted octanol–water partition coefficient (Wildman–Crippen LogP) is 2.62. The first-order chi connectivity index (χ1) is 15.6. The van der Waals surface area contributed by atoms with E-state index in [9.17, 15) is 27.6 Å². The van der Waals surface area contributed by atoms with Gasteiger partial charge in [-0.15, -0.1) is 0 Å². The monoisotopic (exact) mass is 457 g/mol. The largest absolute Gasteiger partial charge is 0.416 e. The summed E-state index contributed by atoms with van der Waals surface area (Å²) in [6.45, 7) is 0. The molecule has 4 rings (SSSR count). The smallest absolute Gasteiger partial charge is 0.309 e. The lowest BCUT2D eigenvalue weighted by Crippen LogP contribution is -2.37. The predicted molar refractivity (Wildman–Crippen MR) is 115 cm³/mol. The summed E-state index contributed by atoms with van der Waals surface area (Å²) in [7, 11) is 2.90. The van der Waals surface area contributed by atoms with Gasteiger partial charge in [-0.3, -0.25) is 18.7 Å². The van der Waals surface area contributed by atoms with Crippen LogP contribution in [0.25, 0.3) is 16.6 Å². The summed E-state index contributed by atoms with van der Waals surface area (Å²) in [5.41, 5.74) is -0.780. The number of halogens is 3. The summed E-state index contributed by atoms with van der Waals surface area (Å²) < 4.78 is 42.4. The zero-order chi connectivity index (χ0) is 23.9. The Hall–Kier alpha value is -4.15. The second kappa shape index (κ2) is 8.08. The van der Waals surface area contributed by atoms with Gasteiger partial charge in [-0.1, -0.05) is 18.2 Å². The van der Waals surface area contributed by atoms with Crippen molar-refractivity contribution in [1.29, 1.82) is 0 Å². The van der Waals surface area contributed by atoms with Gasteiger partial charge in [0.25, 0.3) is 5.56 Å². The second-order valence-corrected chi connectivity index (χ2v) is 7.44. The fourth-order valence-corrected chi connectivity index (χ4v) is 3.56. The molecule has 170 valence electrons. The van der Waals surface area contributed by atoms with E-state index in [2.05, 4.69) is 10.4 Å².